The Morgan fingerprint density at radius 2 is 2.27 bits per heavy atom. The summed E-state index contributed by atoms with van der Waals surface area (Å²) in [6, 6.07) is 7.16. The Hall–Kier alpha value is -0.380. The van der Waals surface area contributed by atoms with Gasteiger partial charge in [0.25, 0.3) is 0 Å². The third-order valence-corrected chi connectivity index (χ3v) is 4.45. The molecule has 2 heterocycles. The second-order valence-electron chi connectivity index (χ2n) is 4.51. The minimum atomic E-state index is 0.203. The summed E-state index contributed by atoms with van der Waals surface area (Å²) in [5.41, 5.74) is 9.07. The number of nitrogens with zero attached hydrogens (tertiary/aromatic N) is 1. The van der Waals surface area contributed by atoms with Gasteiger partial charge in [-0.05, 0) is 36.6 Å². The van der Waals surface area contributed by atoms with Crippen LogP contribution in [-0.4, -0.2) is 17.5 Å². The lowest BCUT2D eigenvalue weighted by atomic mass is 9.90. The average Bonchev–Trinajstić information content (AvgIpc) is 2.68. The summed E-state index contributed by atoms with van der Waals surface area (Å²) in [5, 5.41) is 0. The molecule has 3 heteroatoms. The van der Waals surface area contributed by atoms with Crippen LogP contribution in [0.2, 0.25) is 0 Å². The number of rotatable bonds is 0. The third kappa shape index (κ3) is 1.45. The van der Waals surface area contributed by atoms with Gasteiger partial charge in [0.1, 0.15) is 0 Å². The second-order valence-corrected chi connectivity index (χ2v) is 5.37. The highest BCUT2D eigenvalue weighted by atomic mass is 79.9. The van der Waals surface area contributed by atoms with E-state index in [4.69, 9.17) is 5.73 Å². The van der Waals surface area contributed by atoms with Gasteiger partial charge in [-0.25, -0.2) is 0 Å². The Labute approximate surface area is 98.6 Å². The first-order valence-electron chi connectivity index (χ1n) is 5.54. The molecule has 3 rings (SSSR count). The lowest BCUT2D eigenvalue weighted by Crippen LogP contribution is -2.42. The van der Waals surface area contributed by atoms with Crippen LogP contribution in [0.4, 0.5) is 0 Å². The first-order valence-corrected chi connectivity index (χ1v) is 6.33. The van der Waals surface area contributed by atoms with Crippen LogP contribution in [0.3, 0.4) is 0 Å². The Morgan fingerprint density at radius 1 is 1.40 bits per heavy atom. The van der Waals surface area contributed by atoms with Gasteiger partial charge in [0.05, 0.1) is 0 Å². The zero-order chi connectivity index (χ0) is 10.4. The Balaban J connectivity index is 2.08. The van der Waals surface area contributed by atoms with E-state index in [1.807, 2.05) is 0 Å². The molecule has 0 aliphatic carbocycles. The molecule has 1 aromatic carbocycles. The van der Waals surface area contributed by atoms with Crippen LogP contribution in [0.25, 0.3) is 0 Å². The second kappa shape index (κ2) is 3.58. The maximum atomic E-state index is 6.34. The van der Waals surface area contributed by atoms with Gasteiger partial charge >= 0.3 is 0 Å². The summed E-state index contributed by atoms with van der Waals surface area (Å²) in [6.45, 7) is 2.27. The van der Waals surface area contributed by atoms with Crippen LogP contribution in [0, 0.1) is 0 Å². The quantitative estimate of drug-likeness (QED) is 0.782. The zero-order valence-electron chi connectivity index (χ0n) is 8.62. The lowest BCUT2D eigenvalue weighted by Gasteiger charge is -2.36. The van der Waals surface area contributed by atoms with Crippen LogP contribution >= 0.6 is 15.9 Å². The van der Waals surface area contributed by atoms with Gasteiger partial charge in [0.2, 0.25) is 0 Å². The monoisotopic (exact) mass is 266 g/mol. The number of halogens is 1. The van der Waals surface area contributed by atoms with Gasteiger partial charge in [-0.1, -0.05) is 28.1 Å². The fourth-order valence-corrected chi connectivity index (χ4v) is 3.43. The molecule has 0 saturated carbocycles. The standard InChI is InChI=1S/C12H15BrN2/c13-10-4-1-3-8-9(10)7-15-6-2-5-11(15)12(8)14/h1,3-4,11-12H,2,5-7,14H2/t11-,12?/m0/s1. The molecule has 1 aromatic rings. The molecule has 2 nitrogen and oxygen atoms in total. The summed E-state index contributed by atoms with van der Waals surface area (Å²) < 4.78 is 1.21. The fraction of sp³-hybridized carbons (Fsp3) is 0.500. The Kier molecular flexibility index (Phi) is 2.34. The van der Waals surface area contributed by atoms with E-state index in [-0.39, 0.29) is 6.04 Å². The third-order valence-electron chi connectivity index (χ3n) is 3.70. The maximum Gasteiger partial charge on any atom is 0.0456 e. The first-order chi connectivity index (χ1) is 7.27. The van der Waals surface area contributed by atoms with E-state index < -0.39 is 0 Å². The maximum absolute atomic E-state index is 6.34. The van der Waals surface area contributed by atoms with E-state index in [0.29, 0.717) is 6.04 Å². The van der Waals surface area contributed by atoms with Crippen molar-refractivity contribution in [3.8, 4) is 0 Å². The van der Waals surface area contributed by atoms with E-state index in [0.717, 1.165) is 6.54 Å². The van der Waals surface area contributed by atoms with Gasteiger partial charge in [-0.15, -0.1) is 0 Å². The molecule has 2 atom stereocenters. The summed E-state index contributed by atoms with van der Waals surface area (Å²) in [6.07, 6.45) is 2.55. The highest BCUT2D eigenvalue weighted by Crippen LogP contribution is 2.38. The summed E-state index contributed by atoms with van der Waals surface area (Å²) in [5.74, 6) is 0. The van der Waals surface area contributed by atoms with Crippen molar-refractivity contribution >= 4 is 15.9 Å². The number of hydrogen-bond donors (Lipinski definition) is 1. The molecule has 0 bridgehead atoms. The van der Waals surface area contributed by atoms with Crippen LogP contribution in [0.15, 0.2) is 22.7 Å². The molecule has 0 amide bonds. The van der Waals surface area contributed by atoms with Crippen LogP contribution in [0.1, 0.15) is 30.0 Å². The van der Waals surface area contributed by atoms with Crippen molar-refractivity contribution in [1.82, 2.24) is 4.90 Å². The number of nitrogens with two attached hydrogens (primary N) is 1. The van der Waals surface area contributed by atoms with Crippen LogP contribution in [-0.2, 0) is 6.54 Å². The lowest BCUT2D eigenvalue weighted by molar-refractivity contribution is 0.197. The molecular formula is C12H15BrN2. The molecule has 15 heavy (non-hydrogen) atoms. The van der Waals surface area contributed by atoms with Gasteiger partial charge in [-0.3, -0.25) is 4.90 Å². The average molecular weight is 267 g/mol. The molecule has 1 fully saturated rings. The van der Waals surface area contributed by atoms with Crippen LogP contribution in [0.5, 0.6) is 0 Å². The molecule has 1 saturated heterocycles. The summed E-state index contributed by atoms with van der Waals surface area (Å²) in [4.78, 5) is 2.53. The summed E-state index contributed by atoms with van der Waals surface area (Å²) >= 11 is 3.62. The van der Waals surface area contributed by atoms with E-state index in [9.17, 15) is 0 Å². The molecule has 2 aliphatic rings. The van der Waals surface area contributed by atoms with Gasteiger partial charge < -0.3 is 5.73 Å². The fourth-order valence-electron chi connectivity index (χ4n) is 2.92. The Bertz CT molecular complexity index is 391. The summed E-state index contributed by atoms with van der Waals surface area (Å²) in [7, 11) is 0. The molecule has 0 aromatic heterocycles. The van der Waals surface area contributed by atoms with Crippen molar-refractivity contribution in [2.75, 3.05) is 6.54 Å². The normalized spacial score (nSPS) is 30.0. The minimum Gasteiger partial charge on any atom is -0.323 e. The van der Waals surface area contributed by atoms with Crippen molar-refractivity contribution in [3.05, 3.63) is 33.8 Å². The van der Waals surface area contributed by atoms with Crippen LogP contribution < -0.4 is 5.73 Å². The van der Waals surface area contributed by atoms with Crippen molar-refractivity contribution in [1.29, 1.82) is 0 Å². The zero-order valence-corrected chi connectivity index (χ0v) is 10.2. The highest BCUT2D eigenvalue weighted by molar-refractivity contribution is 9.10. The molecule has 0 spiro atoms. The molecule has 2 aliphatic heterocycles. The predicted octanol–water partition coefficient (Wildman–Crippen LogP) is 2.43. The molecule has 80 valence electrons. The van der Waals surface area contributed by atoms with E-state index >= 15 is 0 Å². The smallest absolute Gasteiger partial charge is 0.0456 e. The highest BCUT2D eigenvalue weighted by Gasteiger charge is 2.36. The largest absolute Gasteiger partial charge is 0.323 e. The molecular weight excluding hydrogens is 252 g/mol. The molecule has 1 unspecified atom stereocenters. The number of hydrogen-bond acceptors (Lipinski definition) is 2. The van der Waals surface area contributed by atoms with E-state index in [2.05, 4.69) is 39.0 Å². The number of benzene rings is 1. The van der Waals surface area contributed by atoms with Crippen molar-refractivity contribution in [3.63, 3.8) is 0 Å². The predicted molar refractivity (Wildman–Crippen MR) is 64.5 cm³/mol. The topological polar surface area (TPSA) is 29.3 Å². The van der Waals surface area contributed by atoms with Gasteiger partial charge in [-0.2, -0.15) is 0 Å². The SMILES string of the molecule is NC1c2cccc(Br)c2CN2CCC[C@@H]12. The van der Waals surface area contributed by atoms with Gasteiger partial charge in [0, 0.05) is 23.1 Å². The first kappa shape index (κ1) is 9.82. The molecule has 2 N–H and O–H groups in total. The van der Waals surface area contributed by atoms with E-state index in [1.54, 1.807) is 0 Å². The van der Waals surface area contributed by atoms with Gasteiger partial charge in [0.15, 0.2) is 0 Å². The van der Waals surface area contributed by atoms with Crippen molar-refractivity contribution in [2.24, 2.45) is 5.73 Å². The minimum absolute atomic E-state index is 0.203. The molecule has 0 radical (unpaired) electrons. The Morgan fingerprint density at radius 3 is 3.13 bits per heavy atom. The van der Waals surface area contributed by atoms with Crippen molar-refractivity contribution in [2.45, 2.75) is 31.5 Å². The van der Waals surface area contributed by atoms with Crippen molar-refractivity contribution < 1.29 is 0 Å². The number of fused-ring (bicyclic) bond motifs is 2. The van der Waals surface area contributed by atoms with E-state index in [1.165, 1.54) is 35.0 Å².